The third kappa shape index (κ3) is 4.03. The summed E-state index contributed by atoms with van der Waals surface area (Å²) in [4.78, 5) is 0.309. The van der Waals surface area contributed by atoms with Gasteiger partial charge in [-0.25, -0.2) is 13.1 Å². The smallest absolute Gasteiger partial charge is 0.240 e. The Bertz CT molecular complexity index is 574. The van der Waals surface area contributed by atoms with Gasteiger partial charge in [0.15, 0.2) is 0 Å². The first kappa shape index (κ1) is 16.4. The minimum absolute atomic E-state index is 0.0800. The van der Waals surface area contributed by atoms with Crippen LogP contribution in [0.3, 0.4) is 0 Å². The molecule has 1 heterocycles. The van der Waals surface area contributed by atoms with E-state index in [2.05, 4.69) is 10.0 Å². The van der Waals surface area contributed by atoms with Gasteiger partial charge < -0.3 is 10.1 Å². The minimum atomic E-state index is -3.51. The molecule has 0 bridgehead atoms. The van der Waals surface area contributed by atoms with E-state index in [1.807, 2.05) is 26.8 Å². The van der Waals surface area contributed by atoms with Crippen LogP contribution in [-0.4, -0.2) is 33.7 Å². The topological polar surface area (TPSA) is 67.4 Å². The molecule has 1 aliphatic rings. The zero-order valence-electron chi connectivity index (χ0n) is 12.8. The Hall–Kier alpha value is -0.950. The van der Waals surface area contributed by atoms with Gasteiger partial charge >= 0.3 is 0 Å². The van der Waals surface area contributed by atoms with E-state index >= 15 is 0 Å². The molecule has 1 aromatic carbocycles. The Morgan fingerprint density at radius 1 is 1.43 bits per heavy atom. The van der Waals surface area contributed by atoms with E-state index in [4.69, 9.17) is 4.74 Å². The second kappa shape index (κ2) is 6.87. The molecular weight excluding hydrogens is 288 g/mol. The van der Waals surface area contributed by atoms with Crippen molar-refractivity contribution < 1.29 is 13.2 Å². The first-order valence-electron chi connectivity index (χ1n) is 7.41. The highest BCUT2D eigenvalue weighted by Crippen LogP contribution is 2.20. The number of rotatable bonds is 6. The average Bonchev–Trinajstić information content (AvgIpc) is 2.84. The third-order valence-corrected chi connectivity index (χ3v) is 5.35. The lowest BCUT2D eigenvalue weighted by Gasteiger charge is -2.18. The van der Waals surface area contributed by atoms with Gasteiger partial charge in [0.25, 0.3) is 0 Å². The summed E-state index contributed by atoms with van der Waals surface area (Å²) in [6.07, 6.45) is 0.636. The van der Waals surface area contributed by atoms with Crippen LogP contribution in [0.1, 0.15) is 38.8 Å². The fraction of sp³-hybridized carbons (Fsp3) is 0.600. The summed E-state index contributed by atoms with van der Waals surface area (Å²) < 4.78 is 33.1. The highest BCUT2D eigenvalue weighted by molar-refractivity contribution is 7.89. The Morgan fingerprint density at radius 2 is 2.19 bits per heavy atom. The second-order valence-electron chi connectivity index (χ2n) is 5.44. The van der Waals surface area contributed by atoms with Gasteiger partial charge in [-0.2, -0.15) is 0 Å². The van der Waals surface area contributed by atoms with E-state index in [-0.39, 0.29) is 18.2 Å². The Kier molecular flexibility index (Phi) is 5.37. The Morgan fingerprint density at radius 3 is 2.81 bits per heavy atom. The molecule has 2 N–H and O–H groups in total. The Labute approximate surface area is 127 Å². The summed E-state index contributed by atoms with van der Waals surface area (Å²) in [7, 11) is -3.51. The maximum absolute atomic E-state index is 12.5. The molecule has 6 heteroatoms. The monoisotopic (exact) mass is 312 g/mol. The van der Waals surface area contributed by atoms with E-state index in [0.29, 0.717) is 17.9 Å². The van der Waals surface area contributed by atoms with Crippen molar-refractivity contribution in [3.63, 3.8) is 0 Å². The highest BCUT2D eigenvalue weighted by atomic mass is 32.2. The SMILES string of the molecule is CCNC(C)c1cccc(S(=O)(=O)NC2CCOC2C)c1. The van der Waals surface area contributed by atoms with Gasteiger partial charge in [-0.15, -0.1) is 0 Å². The summed E-state index contributed by atoms with van der Waals surface area (Å²) in [6, 6.07) is 7.06. The Balaban J connectivity index is 2.18. The fourth-order valence-electron chi connectivity index (χ4n) is 2.53. The molecule has 21 heavy (non-hydrogen) atoms. The van der Waals surface area contributed by atoms with Crippen LogP contribution in [0.15, 0.2) is 29.2 Å². The van der Waals surface area contributed by atoms with Crippen molar-refractivity contribution in [2.24, 2.45) is 0 Å². The van der Waals surface area contributed by atoms with Gasteiger partial charge in [0.05, 0.1) is 17.0 Å². The number of benzene rings is 1. The quantitative estimate of drug-likeness (QED) is 0.841. The maximum atomic E-state index is 12.5. The van der Waals surface area contributed by atoms with Gasteiger partial charge in [-0.3, -0.25) is 0 Å². The molecule has 1 aromatic rings. The number of sulfonamides is 1. The molecule has 0 aromatic heterocycles. The van der Waals surface area contributed by atoms with Crippen molar-refractivity contribution in [2.45, 2.75) is 50.3 Å². The van der Waals surface area contributed by atoms with Crippen molar-refractivity contribution in [2.75, 3.05) is 13.2 Å². The molecule has 1 saturated heterocycles. The molecule has 0 radical (unpaired) electrons. The molecule has 3 atom stereocenters. The summed E-state index contributed by atoms with van der Waals surface area (Å²) in [5, 5.41) is 3.29. The molecule has 5 nitrogen and oxygen atoms in total. The molecule has 0 saturated carbocycles. The molecule has 0 amide bonds. The molecule has 2 rings (SSSR count). The first-order chi connectivity index (χ1) is 9.94. The van der Waals surface area contributed by atoms with Gasteiger partial charge in [-0.05, 0) is 44.5 Å². The highest BCUT2D eigenvalue weighted by Gasteiger charge is 2.29. The van der Waals surface area contributed by atoms with Crippen LogP contribution in [0, 0.1) is 0 Å². The summed E-state index contributed by atoms with van der Waals surface area (Å²) in [6.45, 7) is 7.39. The molecule has 118 valence electrons. The number of nitrogens with one attached hydrogen (secondary N) is 2. The lowest BCUT2D eigenvalue weighted by molar-refractivity contribution is 0.117. The van der Waals surface area contributed by atoms with E-state index in [1.165, 1.54) is 0 Å². The average molecular weight is 312 g/mol. The standard InChI is InChI=1S/C15H24N2O3S/c1-4-16-11(2)13-6-5-7-14(10-13)21(18,19)17-15-8-9-20-12(15)3/h5-7,10-12,15-17H,4,8-9H2,1-3H3. The first-order valence-corrected chi connectivity index (χ1v) is 8.89. The van der Waals surface area contributed by atoms with E-state index < -0.39 is 10.0 Å². The van der Waals surface area contributed by atoms with Crippen molar-refractivity contribution >= 4 is 10.0 Å². The van der Waals surface area contributed by atoms with Crippen LogP contribution in [0.5, 0.6) is 0 Å². The van der Waals surface area contributed by atoms with Gasteiger partial charge in [0, 0.05) is 12.6 Å². The summed E-state index contributed by atoms with van der Waals surface area (Å²) >= 11 is 0. The van der Waals surface area contributed by atoms with Crippen molar-refractivity contribution in [3.8, 4) is 0 Å². The molecule has 0 aliphatic carbocycles. The predicted octanol–water partition coefficient (Wildman–Crippen LogP) is 1.81. The zero-order valence-corrected chi connectivity index (χ0v) is 13.6. The predicted molar refractivity (Wildman–Crippen MR) is 82.7 cm³/mol. The number of ether oxygens (including phenoxy) is 1. The molecule has 0 spiro atoms. The van der Waals surface area contributed by atoms with Crippen LogP contribution in [0.4, 0.5) is 0 Å². The molecular formula is C15H24N2O3S. The number of hydrogen-bond acceptors (Lipinski definition) is 4. The number of hydrogen-bond donors (Lipinski definition) is 2. The van der Waals surface area contributed by atoms with Crippen LogP contribution in [-0.2, 0) is 14.8 Å². The van der Waals surface area contributed by atoms with Gasteiger partial charge in [0.1, 0.15) is 0 Å². The van der Waals surface area contributed by atoms with E-state index in [9.17, 15) is 8.42 Å². The maximum Gasteiger partial charge on any atom is 0.240 e. The largest absolute Gasteiger partial charge is 0.377 e. The summed E-state index contributed by atoms with van der Waals surface area (Å²) in [5.74, 6) is 0. The van der Waals surface area contributed by atoms with Crippen molar-refractivity contribution in [1.29, 1.82) is 0 Å². The zero-order chi connectivity index (χ0) is 15.5. The van der Waals surface area contributed by atoms with Gasteiger partial charge in [0.2, 0.25) is 10.0 Å². The lowest BCUT2D eigenvalue weighted by atomic mass is 10.1. The van der Waals surface area contributed by atoms with E-state index in [1.54, 1.807) is 18.2 Å². The fourth-order valence-corrected chi connectivity index (χ4v) is 3.92. The lowest BCUT2D eigenvalue weighted by Crippen LogP contribution is -2.39. The van der Waals surface area contributed by atoms with Crippen molar-refractivity contribution in [1.82, 2.24) is 10.0 Å². The van der Waals surface area contributed by atoms with Crippen LogP contribution in [0.25, 0.3) is 0 Å². The molecule has 1 fully saturated rings. The van der Waals surface area contributed by atoms with Crippen LogP contribution < -0.4 is 10.0 Å². The molecule has 3 unspecified atom stereocenters. The van der Waals surface area contributed by atoms with Gasteiger partial charge in [-0.1, -0.05) is 19.1 Å². The second-order valence-corrected chi connectivity index (χ2v) is 7.16. The van der Waals surface area contributed by atoms with Crippen molar-refractivity contribution in [3.05, 3.63) is 29.8 Å². The normalized spacial score (nSPS) is 24.1. The third-order valence-electron chi connectivity index (χ3n) is 3.86. The van der Waals surface area contributed by atoms with Crippen LogP contribution in [0.2, 0.25) is 0 Å². The summed E-state index contributed by atoms with van der Waals surface area (Å²) in [5.41, 5.74) is 0.968. The van der Waals surface area contributed by atoms with Crippen LogP contribution >= 0.6 is 0 Å². The molecule has 1 aliphatic heterocycles. The minimum Gasteiger partial charge on any atom is -0.377 e. The van der Waals surface area contributed by atoms with E-state index in [0.717, 1.165) is 12.1 Å².